The molecule has 1 aliphatic heterocycles. The lowest BCUT2D eigenvalue weighted by Gasteiger charge is -2.22. The van der Waals surface area contributed by atoms with Gasteiger partial charge in [0.2, 0.25) is 5.91 Å². The summed E-state index contributed by atoms with van der Waals surface area (Å²) in [4.78, 5) is 24.7. The van der Waals surface area contributed by atoms with E-state index in [1.807, 2.05) is 19.0 Å². The Kier molecular flexibility index (Phi) is 5.16. The van der Waals surface area contributed by atoms with Crippen molar-refractivity contribution in [3.8, 4) is 11.5 Å². The Morgan fingerprint density at radius 3 is 2.48 bits per heavy atom. The van der Waals surface area contributed by atoms with Gasteiger partial charge in [-0.3, -0.25) is 14.9 Å². The molecule has 1 fully saturated rings. The molecule has 0 aromatic heterocycles. The molecule has 0 saturated carbocycles. The molecular formula is C15H20N2O4. The van der Waals surface area contributed by atoms with Crippen molar-refractivity contribution < 1.29 is 19.1 Å². The van der Waals surface area contributed by atoms with E-state index in [0.29, 0.717) is 25.2 Å². The third-order valence-corrected chi connectivity index (χ3v) is 3.10. The third-order valence-electron chi connectivity index (χ3n) is 3.10. The van der Waals surface area contributed by atoms with Gasteiger partial charge in [-0.25, -0.2) is 0 Å². The topological polar surface area (TPSA) is 67.9 Å². The van der Waals surface area contributed by atoms with Gasteiger partial charge in [0.15, 0.2) is 6.10 Å². The second-order valence-corrected chi connectivity index (χ2v) is 5.18. The molecule has 0 radical (unpaired) electrons. The standard InChI is InChI=1S/C15H20N2O4/c1-17(2)9-10-20-11-3-5-12(6-4-11)21-13-7-8-14(18)16-15(13)19/h3-6,13H,7-10H2,1-2H3,(H,16,18,19). The predicted octanol–water partition coefficient (Wildman–Crippen LogP) is 0.811. The fraction of sp³-hybridized carbons (Fsp3) is 0.467. The number of nitrogens with one attached hydrogen (secondary N) is 1. The summed E-state index contributed by atoms with van der Waals surface area (Å²) < 4.78 is 11.2. The number of amides is 2. The second-order valence-electron chi connectivity index (χ2n) is 5.18. The number of benzene rings is 1. The maximum Gasteiger partial charge on any atom is 0.267 e. The fourth-order valence-electron chi connectivity index (χ4n) is 1.91. The van der Waals surface area contributed by atoms with Gasteiger partial charge < -0.3 is 14.4 Å². The summed E-state index contributed by atoms with van der Waals surface area (Å²) in [6.45, 7) is 1.45. The Morgan fingerprint density at radius 1 is 1.19 bits per heavy atom. The van der Waals surface area contributed by atoms with Gasteiger partial charge in [-0.05, 0) is 38.4 Å². The van der Waals surface area contributed by atoms with Crippen LogP contribution in [0.25, 0.3) is 0 Å². The molecule has 114 valence electrons. The Bertz CT molecular complexity index is 499. The lowest BCUT2D eigenvalue weighted by molar-refractivity contribution is -0.138. The normalized spacial score (nSPS) is 18.5. The Balaban J connectivity index is 1.84. The van der Waals surface area contributed by atoms with Crippen LogP contribution < -0.4 is 14.8 Å². The van der Waals surface area contributed by atoms with Gasteiger partial charge in [0.1, 0.15) is 18.1 Å². The monoisotopic (exact) mass is 292 g/mol. The third kappa shape index (κ3) is 4.75. The van der Waals surface area contributed by atoms with E-state index < -0.39 is 6.10 Å². The summed E-state index contributed by atoms with van der Waals surface area (Å²) in [5.74, 6) is 0.721. The van der Waals surface area contributed by atoms with Crippen molar-refractivity contribution in [2.24, 2.45) is 0 Å². The number of hydrogen-bond donors (Lipinski definition) is 1. The zero-order valence-corrected chi connectivity index (χ0v) is 12.3. The second kappa shape index (κ2) is 7.08. The van der Waals surface area contributed by atoms with Crippen LogP contribution in [-0.2, 0) is 9.59 Å². The van der Waals surface area contributed by atoms with E-state index in [-0.39, 0.29) is 11.8 Å². The van der Waals surface area contributed by atoms with Crippen molar-refractivity contribution in [3.05, 3.63) is 24.3 Å². The van der Waals surface area contributed by atoms with Crippen molar-refractivity contribution in [1.29, 1.82) is 0 Å². The number of nitrogens with zero attached hydrogens (tertiary/aromatic N) is 1. The predicted molar refractivity (Wildman–Crippen MR) is 77.3 cm³/mol. The first kappa shape index (κ1) is 15.3. The summed E-state index contributed by atoms with van der Waals surface area (Å²) >= 11 is 0. The average Bonchev–Trinajstić information content (AvgIpc) is 2.43. The summed E-state index contributed by atoms with van der Waals surface area (Å²) in [6, 6.07) is 7.12. The van der Waals surface area contributed by atoms with Gasteiger partial charge in [-0.15, -0.1) is 0 Å². The molecule has 0 bridgehead atoms. The molecule has 0 spiro atoms. The highest BCUT2D eigenvalue weighted by Crippen LogP contribution is 2.20. The van der Waals surface area contributed by atoms with Crippen LogP contribution in [0.1, 0.15) is 12.8 Å². The van der Waals surface area contributed by atoms with E-state index in [1.54, 1.807) is 24.3 Å². The first-order valence-corrected chi connectivity index (χ1v) is 6.92. The first-order chi connectivity index (χ1) is 10.0. The minimum absolute atomic E-state index is 0.246. The summed E-state index contributed by atoms with van der Waals surface area (Å²) in [5.41, 5.74) is 0. The largest absolute Gasteiger partial charge is 0.492 e. The molecule has 1 unspecified atom stereocenters. The SMILES string of the molecule is CN(C)CCOc1ccc(OC2CCC(=O)NC2=O)cc1. The van der Waals surface area contributed by atoms with E-state index in [9.17, 15) is 9.59 Å². The van der Waals surface area contributed by atoms with E-state index in [0.717, 1.165) is 12.3 Å². The highest BCUT2D eigenvalue weighted by molar-refractivity contribution is 5.99. The van der Waals surface area contributed by atoms with Gasteiger partial charge in [0, 0.05) is 19.4 Å². The molecule has 2 rings (SSSR count). The van der Waals surface area contributed by atoms with Crippen LogP contribution in [0.4, 0.5) is 0 Å². The molecule has 1 aromatic rings. The van der Waals surface area contributed by atoms with Crippen LogP contribution in [0.3, 0.4) is 0 Å². The molecule has 6 nitrogen and oxygen atoms in total. The summed E-state index contributed by atoms with van der Waals surface area (Å²) in [5, 5.41) is 2.27. The molecule has 0 aliphatic carbocycles. The van der Waals surface area contributed by atoms with E-state index >= 15 is 0 Å². The van der Waals surface area contributed by atoms with Crippen LogP contribution in [0, 0.1) is 0 Å². The maximum atomic E-state index is 11.6. The molecule has 6 heteroatoms. The molecule has 1 atom stereocenters. The molecule has 1 aliphatic rings. The average molecular weight is 292 g/mol. The molecule has 1 heterocycles. The number of ether oxygens (including phenoxy) is 2. The van der Waals surface area contributed by atoms with Crippen molar-refractivity contribution in [2.45, 2.75) is 18.9 Å². The highest BCUT2D eigenvalue weighted by atomic mass is 16.5. The van der Waals surface area contributed by atoms with Crippen LogP contribution in [0.5, 0.6) is 11.5 Å². The molecular weight excluding hydrogens is 272 g/mol. The Hall–Kier alpha value is -2.08. The van der Waals surface area contributed by atoms with Crippen molar-refractivity contribution in [3.63, 3.8) is 0 Å². The van der Waals surface area contributed by atoms with Crippen molar-refractivity contribution >= 4 is 11.8 Å². The van der Waals surface area contributed by atoms with Gasteiger partial charge in [-0.1, -0.05) is 0 Å². The van der Waals surface area contributed by atoms with Crippen molar-refractivity contribution in [1.82, 2.24) is 10.2 Å². The lowest BCUT2D eigenvalue weighted by atomic mass is 10.1. The number of imide groups is 1. The maximum absolute atomic E-state index is 11.6. The number of carbonyl (C=O) groups is 2. The number of hydrogen-bond acceptors (Lipinski definition) is 5. The Labute approximate surface area is 124 Å². The van der Waals surface area contributed by atoms with E-state index in [4.69, 9.17) is 9.47 Å². The van der Waals surface area contributed by atoms with Gasteiger partial charge in [-0.2, -0.15) is 0 Å². The molecule has 1 N–H and O–H groups in total. The van der Waals surface area contributed by atoms with Crippen LogP contribution in [0.15, 0.2) is 24.3 Å². The van der Waals surface area contributed by atoms with Crippen molar-refractivity contribution in [2.75, 3.05) is 27.2 Å². The zero-order valence-electron chi connectivity index (χ0n) is 12.3. The number of rotatable bonds is 6. The number of piperidine rings is 1. The lowest BCUT2D eigenvalue weighted by Crippen LogP contribution is -2.46. The molecule has 2 amide bonds. The fourth-order valence-corrected chi connectivity index (χ4v) is 1.91. The van der Waals surface area contributed by atoms with Gasteiger partial charge in [0.05, 0.1) is 0 Å². The van der Waals surface area contributed by atoms with Gasteiger partial charge >= 0.3 is 0 Å². The summed E-state index contributed by atoms with van der Waals surface area (Å²) in [7, 11) is 3.97. The quantitative estimate of drug-likeness (QED) is 0.786. The van der Waals surface area contributed by atoms with Gasteiger partial charge in [0.25, 0.3) is 5.91 Å². The number of likely N-dealkylation sites (N-methyl/N-ethyl adjacent to an activating group) is 1. The minimum Gasteiger partial charge on any atom is -0.492 e. The molecule has 21 heavy (non-hydrogen) atoms. The van der Waals surface area contributed by atoms with E-state index in [2.05, 4.69) is 5.32 Å². The summed E-state index contributed by atoms with van der Waals surface area (Å²) in [6.07, 6.45) is 0.108. The zero-order chi connectivity index (χ0) is 15.2. The molecule has 1 aromatic carbocycles. The molecule has 1 saturated heterocycles. The van der Waals surface area contributed by atoms with Crippen LogP contribution >= 0.6 is 0 Å². The highest BCUT2D eigenvalue weighted by Gasteiger charge is 2.28. The first-order valence-electron chi connectivity index (χ1n) is 6.92. The Morgan fingerprint density at radius 2 is 1.86 bits per heavy atom. The minimum atomic E-state index is -0.608. The smallest absolute Gasteiger partial charge is 0.267 e. The number of carbonyl (C=O) groups excluding carboxylic acids is 2. The van der Waals surface area contributed by atoms with Crippen LogP contribution in [0.2, 0.25) is 0 Å². The van der Waals surface area contributed by atoms with Crippen LogP contribution in [-0.4, -0.2) is 50.1 Å². The van der Waals surface area contributed by atoms with E-state index in [1.165, 1.54) is 0 Å².